The molecule has 4 nitrogen and oxygen atoms in total. The van der Waals surface area contributed by atoms with E-state index in [2.05, 4.69) is 17.1 Å². The van der Waals surface area contributed by atoms with E-state index in [1.807, 2.05) is 30.0 Å². The standard InChI is InChI=1S/C17H26ClN3O/c1-3-4-5-9-20-10-12-21(13-11-20)17(22)19-16-8-6-7-15(18)14(16)2/h6-8H,3-5,9-13H2,1-2H3,(H,19,22). The molecular formula is C17H26ClN3O. The van der Waals surface area contributed by atoms with E-state index < -0.39 is 0 Å². The van der Waals surface area contributed by atoms with E-state index in [0.29, 0.717) is 5.02 Å². The zero-order valence-corrected chi connectivity index (χ0v) is 14.3. The molecule has 0 spiro atoms. The fourth-order valence-electron chi connectivity index (χ4n) is 2.70. The third kappa shape index (κ3) is 4.62. The molecule has 0 radical (unpaired) electrons. The summed E-state index contributed by atoms with van der Waals surface area (Å²) in [5.74, 6) is 0. The number of benzene rings is 1. The molecule has 2 rings (SSSR count). The Hall–Kier alpha value is -1.26. The van der Waals surface area contributed by atoms with Crippen LogP contribution in [0.5, 0.6) is 0 Å². The number of unbranched alkanes of at least 4 members (excludes halogenated alkanes) is 2. The molecule has 0 saturated carbocycles. The minimum atomic E-state index is -0.0291. The summed E-state index contributed by atoms with van der Waals surface area (Å²) >= 11 is 6.09. The van der Waals surface area contributed by atoms with Gasteiger partial charge in [0.1, 0.15) is 0 Å². The van der Waals surface area contributed by atoms with Gasteiger partial charge in [0.25, 0.3) is 0 Å². The van der Waals surface area contributed by atoms with Crippen molar-refractivity contribution in [3.63, 3.8) is 0 Å². The number of hydrogen-bond acceptors (Lipinski definition) is 2. The highest BCUT2D eigenvalue weighted by atomic mass is 35.5. The van der Waals surface area contributed by atoms with Crippen LogP contribution in [0.3, 0.4) is 0 Å². The first kappa shape index (κ1) is 17.1. The Morgan fingerprint density at radius 1 is 1.23 bits per heavy atom. The largest absolute Gasteiger partial charge is 0.322 e. The minimum absolute atomic E-state index is 0.0291. The minimum Gasteiger partial charge on any atom is -0.322 e. The molecule has 1 N–H and O–H groups in total. The fourth-order valence-corrected chi connectivity index (χ4v) is 2.87. The quantitative estimate of drug-likeness (QED) is 0.832. The number of urea groups is 1. The summed E-state index contributed by atoms with van der Waals surface area (Å²) in [6, 6.07) is 5.55. The maximum absolute atomic E-state index is 12.4. The summed E-state index contributed by atoms with van der Waals surface area (Å²) in [7, 11) is 0. The molecule has 122 valence electrons. The van der Waals surface area contributed by atoms with Crippen LogP contribution in [-0.4, -0.2) is 48.6 Å². The average Bonchev–Trinajstić information content (AvgIpc) is 2.53. The first-order chi connectivity index (χ1) is 10.6. The summed E-state index contributed by atoms with van der Waals surface area (Å²) in [5.41, 5.74) is 1.71. The lowest BCUT2D eigenvalue weighted by Crippen LogP contribution is -2.50. The Bertz CT molecular complexity index is 499. The van der Waals surface area contributed by atoms with E-state index in [4.69, 9.17) is 11.6 Å². The number of nitrogens with one attached hydrogen (secondary N) is 1. The molecule has 1 aliphatic heterocycles. The van der Waals surface area contributed by atoms with Crippen molar-refractivity contribution in [2.24, 2.45) is 0 Å². The summed E-state index contributed by atoms with van der Waals surface area (Å²) in [6.45, 7) is 8.80. The predicted octanol–water partition coefficient (Wildman–Crippen LogP) is 3.99. The molecule has 0 aliphatic carbocycles. The molecule has 1 aliphatic rings. The second-order valence-corrected chi connectivity index (χ2v) is 6.29. The maximum atomic E-state index is 12.4. The molecule has 0 bridgehead atoms. The number of carbonyl (C=O) groups excluding carboxylic acids is 1. The van der Waals surface area contributed by atoms with Crippen molar-refractivity contribution < 1.29 is 4.79 Å². The Balaban J connectivity index is 1.81. The number of halogens is 1. The molecule has 1 aromatic rings. The van der Waals surface area contributed by atoms with Gasteiger partial charge in [-0.05, 0) is 37.6 Å². The van der Waals surface area contributed by atoms with Crippen LogP contribution in [-0.2, 0) is 0 Å². The lowest BCUT2D eigenvalue weighted by molar-refractivity contribution is 0.146. The van der Waals surface area contributed by atoms with Gasteiger partial charge in [-0.2, -0.15) is 0 Å². The number of carbonyl (C=O) groups is 1. The number of nitrogens with zero attached hydrogens (tertiary/aromatic N) is 2. The van der Waals surface area contributed by atoms with Crippen LogP contribution in [0.2, 0.25) is 5.02 Å². The van der Waals surface area contributed by atoms with Crippen molar-refractivity contribution in [2.75, 3.05) is 38.0 Å². The van der Waals surface area contributed by atoms with Crippen LogP contribution in [0.1, 0.15) is 31.7 Å². The fraction of sp³-hybridized carbons (Fsp3) is 0.588. The number of piperazine rings is 1. The molecular weight excluding hydrogens is 298 g/mol. The highest BCUT2D eigenvalue weighted by Crippen LogP contribution is 2.23. The molecule has 1 saturated heterocycles. The van der Waals surface area contributed by atoms with Gasteiger partial charge >= 0.3 is 6.03 Å². The number of anilines is 1. The van der Waals surface area contributed by atoms with Crippen LogP contribution >= 0.6 is 11.6 Å². The van der Waals surface area contributed by atoms with Crippen LogP contribution in [0.4, 0.5) is 10.5 Å². The lowest BCUT2D eigenvalue weighted by atomic mass is 10.2. The van der Waals surface area contributed by atoms with Gasteiger partial charge in [0.2, 0.25) is 0 Å². The monoisotopic (exact) mass is 323 g/mol. The molecule has 1 fully saturated rings. The van der Waals surface area contributed by atoms with Crippen molar-refractivity contribution in [3.05, 3.63) is 28.8 Å². The van der Waals surface area contributed by atoms with E-state index in [1.54, 1.807) is 0 Å². The average molecular weight is 324 g/mol. The molecule has 0 unspecified atom stereocenters. The lowest BCUT2D eigenvalue weighted by Gasteiger charge is -2.34. The van der Waals surface area contributed by atoms with Gasteiger partial charge in [0.05, 0.1) is 0 Å². The van der Waals surface area contributed by atoms with Crippen molar-refractivity contribution in [2.45, 2.75) is 33.1 Å². The highest BCUT2D eigenvalue weighted by Gasteiger charge is 2.21. The molecule has 2 amide bonds. The number of rotatable bonds is 5. The van der Waals surface area contributed by atoms with E-state index >= 15 is 0 Å². The van der Waals surface area contributed by atoms with Gasteiger partial charge in [0.15, 0.2) is 0 Å². The summed E-state index contributed by atoms with van der Waals surface area (Å²) in [4.78, 5) is 16.7. The van der Waals surface area contributed by atoms with Crippen LogP contribution in [0, 0.1) is 6.92 Å². The Morgan fingerprint density at radius 3 is 2.64 bits per heavy atom. The molecule has 5 heteroatoms. The second kappa shape index (κ2) is 8.39. The number of amides is 2. The van der Waals surface area contributed by atoms with Gasteiger partial charge in [-0.15, -0.1) is 0 Å². The zero-order chi connectivity index (χ0) is 15.9. The van der Waals surface area contributed by atoms with E-state index in [9.17, 15) is 4.79 Å². The third-order valence-electron chi connectivity index (χ3n) is 4.25. The van der Waals surface area contributed by atoms with Gasteiger partial charge in [-0.3, -0.25) is 4.90 Å². The second-order valence-electron chi connectivity index (χ2n) is 5.88. The topological polar surface area (TPSA) is 35.6 Å². The normalized spacial score (nSPS) is 15.9. The van der Waals surface area contributed by atoms with Gasteiger partial charge in [-0.25, -0.2) is 4.79 Å². The van der Waals surface area contributed by atoms with Crippen LogP contribution < -0.4 is 5.32 Å². The maximum Gasteiger partial charge on any atom is 0.321 e. The van der Waals surface area contributed by atoms with Gasteiger partial charge in [-0.1, -0.05) is 37.4 Å². The third-order valence-corrected chi connectivity index (χ3v) is 4.66. The molecule has 22 heavy (non-hydrogen) atoms. The Kier molecular flexibility index (Phi) is 6.52. The number of hydrogen-bond donors (Lipinski definition) is 1. The van der Waals surface area contributed by atoms with E-state index in [1.165, 1.54) is 19.3 Å². The summed E-state index contributed by atoms with van der Waals surface area (Å²) < 4.78 is 0. The van der Waals surface area contributed by atoms with Gasteiger partial charge in [0, 0.05) is 36.9 Å². The predicted molar refractivity (Wildman–Crippen MR) is 92.7 cm³/mol. The van der Waals surface area contributed by atoms with Gasteiger partial charge < -0.3 is 10.2 Å². The van der Waals surface area contributed by atoms with Crippen molar-refractivity contribution in [3.8, 4) is 0 Å². The summed E-state index contributed by atoms with van der Waals surface area (Å²) in [5, 5.41) is 3.65. The SMILES string of the molecule is CCCCCN1CCN(C(=O)Nc2cccc(Cl)c2C)CC1. The summed E-state index contributed by atoms with van der Waals surface area (Å²) in [6.07, 6.45) is 3.79. The molecule has 0 atom stereocenters. The highest BCUT2D eigenvalue weighted by molar-refractivity contribution is 6.31. The zero-order valence-electron chi connectivity index (χ0n) is 13.6. The van der Waals surface area contributed by atoms with Crippen molar-refractivity contribution >= 4 is 23.3 Å². The first-order valence-corrected chi connectivity index (χ1v) is 8.53. The Labute approximate surface area is 138 Å². The van der Waals surface area contributed by atoms with Crippen molar-refractivity contribution in [1.82, 2.24) is 9.80 Å². The van der Waals surface area contributed by atoms with Crippen LogP contribution in [0.15, 0.2) is 18.2 Å². The molecule has 1 heterocycles. The van der Waals surface area contributed by atoms with Crippen LogP contribution in [0.25, 0.3) is 0 Å². The molecule has 0 aromatic heterocycles. The Morgan fingerprint density at radius 2 is 1.95 bits per heavy atom. The van der Waals surface area contributed by atoms with Crippen molar-refractivity contribution in [1.29, 1.82) is 0 Å². The smallest absolute Gasteiger partial charge is 0.321 e. The molecule has 1 aromatic carbocycles. The first-order valence-electron chi connectivity index (χ1n) is 8.15. The van der Waals surface area contributed by atoms with E-state index in [0.717, 1.165) is 44.0 Å². The van der Waals surface area contributed by atoms with E-state index in [-0.39, 0.29) is 6.03 Å².